The molecule has 1 aliphatic heterocycles. The molecule has 1 heterocycles. The minimum Gasteiger partial charge on any atom is -0.462 e. The van der Waals surface area contributed by atoms with Gasteiger partial charge in [0.2, 0.25) is 0 Å². The van der Waals surface area contributed by atoms with E-state index in [1.807, 2.05) is 6.92 Å². The second-order valence-electron chi connectivity index (χ2n) is 4.56. The molecule has 16 heavy (non-hydrogen) atoms. The lowest BCUT2D eigenvalue weighted by Gasteiger charge is -2.33. The van der Waals surface area contributed by atoms with Crippen LogP contribution in [0.25, 0.3) is 0 Å². The normalized spacial score (nSPS) is 30.1. The first-order valence-corrected chi connectivity index (χ1v) is 6.22. The molecule has 94 valence electrons. The Bertz CT molecular complexity index is 220. The highest BCUT2D eigenvalue weighted by atomic mass is 16.5. The Balaban J connectivity index is 2.25. The SMILES string of the molecule is CCOCC[NH+]1CC[C@@H](OC(C)=O)[C@@H](C)C1. The number of likely N-dealkylation sites (tertiary alicyclic amines) is 1. The quantitative estimate of drug-likeness (QED) is 0.529. The first kappa shape index (κ1) is 13.5. The zero-order valence-electron chi connectivity index (χ0n) is 10.6. The first-order chi connectivity index (χ1) is 7.63. The molecular weight excluding hydrogens is 206 g/mol. The van der Waals surface area contributed by atoms with Crippen LogP contribution in [0.15, 0.2) is 0 Å². The van der Waals surface area contributed by atoms with Crippen LogP contribution in [-0.2, 0) is 14.3 Å². The Morgan fingerprint density at radius 1 is 1.50 bits per heavy atom. The molecule has 1 fully saturated rings. The van der Waals surface area contributed by atoms with Crippen molar-refractivity contribution in [1.29, 1.82) is 0 Å². The number of rotatable bonds is 5. The summed E-state index contributed by atoms with van der Waals surface area (Å²) in [7, 11) is 0. The number of nitrogens with one attached hydrogen (secondary N) is 1. The molecule has 0 radical (unpaired) electrons. The molecular formula is C12H24NO3+. The predicted octanol–water partition coefficient (Wildman–Crippen LogP) is -0.121. The van der Waals surface area contributed by atoms with Gasteiger partial charge < -0.3 is 14.4 Å². The molecule has 0 amide bonds. The Kier molecular flexibility index (Phi) is 5.77. The van der Waals surface area contributed by atoms with Crippen LogP contribution < -0.4 is 4.90 Å². The zero-order valence-corrected chi connectivity index (χ0v) is 10.6. The molecule has 4 nitrogen and oxygen atoms in total. The second kappa shape index (κ2) is 6.86. The highest BCUT2D eigenvalue weighted by molar-refractivity contribution is 5.66. The van der Waals surface area contributed by atoms with Crippen molar-refractivity contribution in [3.63, 3.8) is 0 Å². The molecule has 1 saturated heterocycles. The number of hydrogen-bond donors (Lipinski definition) is 1. The fourth-order valence-electron chi connectivity index (χ4n) is 2.30. The molecule has 4 heteroatoms. The van der Waals surface area contributed by atoms with Gasteiger partial charge in [0, 0.05) is 25.9 Å². The van der Waals surface area contributed by atoms with Gasteiger partial charge in [-0.3, -0.25) is 4.79 Å². The molecule has 0 spiro atoms. The van der Waals surface area contributed by atoms with Gasteiger partial charge in [-0.15, -0.1) is 0 Å². The van der Waals surface area contributed by atoms with Gasteiger partial charge in [0.1, 0.15) is 12.6 Å². The monoisotopic (exact) mass is 230 g/mol. The van der Waals surface area contributed by atoms with Crippen LogP contribution in [0.2, 0.25) is 0 Å². The van der Waals surface area contributed by atoms with Gasteiger partial charge in [-0.05, 0) is 6.92 Å². The first-order valence-electron chi connectivity index (χ1n) is 6.22. The highest BCUT2D eigenvalue weighted by Gasteiger charge is 2.30. The maximum Gasteiger partial charge on any atom is 0.302 e. The van der Waals surface area contributed by atoms with Gasteiger partial charge in [-0.1, -0.05) is 6.92 Å². The third-order valence-electron chi connectivity index (χ3n) is 3.15. The van der Waals surface area contributed by atoms with Gasteiger partial charge >= 0.3 is 5.97 Å². The van der Waals surface area contributed by atoms with E-state index >= 15 is 0 Å². The summed E-state index contributed by atoms with van der Waals surface area (Å²) in [4.78, 5) is 12.5. The van der Waals surface area contributed by atoms with Crippen molar-refractivity contribution in [1.82, 2.24) is 0 Å². The maximum absolute atomic E-state index is 10.9. The summed E-state index contributed by atoms with van der Waals surface area (Å²) < 4.78 is 10.7. The van der Waals surface area contributed by atoms with Crippen LogP contribution in [0, 0.1) is 5.92 Å². The summed E-state index contributed by atoms with van der Waals surface area (Å²) in [6, 6.07) is 0. The smallest absolute Gasteiger partial charge is 0.302 e. The molecule has 0 aromatic heterocycles. The van der Waals surface area contributed by atoms with Crippen LogP contribution in [0.3, 0.4) is 0 Å². The van der Waals surface area contributed by atoms with Crippen molar-refractivity contribution in [2.75, 3.05) is 32.8 Å². The summed E-state index contributed by atoms with van der Waals surface area (Å²) in [6.07, 6.45) is 1.09. The third kappa shape index (κ3) is 4.49. The van der Waals surface area contributed by atoms with Crippen LogP contribution in [0.1, 0.15) is 27.2 Å². The molecule has 1 N–H and O–H groups in total. The van der Waals surface area contributed by atoms with E-state index in [-0.39, 0.29) is 12.1 Å². The number of ether oxygens (including phenoxy) is 2. The summed E-state index contributed by atoms with van der Waals surface area (Å²) in [5.74, 6) is 0.295. The van der Waals surface area contributed by atoms with Crippen molar-refractivity contribution in [2.24, 2.45) is 5.92 Å². The fourth-order valence-corrected chi connectivity index (χ4v) is 2.30. The van der Waals surface area contributed by atoms with Crippen molar-refractivity contribution in [3.8, 4) is 0 Å². The van der Waals surface area contributed by atoms with E-state index in [1.165, 1.54) is 6.92 Å². The molecule has 3 atom stereocenters. The van der Waals surface area contributed by atoms with Gasteiger partial charge in [0.05, 0.1) is 19.7 Å². The maximum atomic E-state index is 10.9. The lowest BCUT2D eigenvalue weighted by molar-refractivity contribution is -0.910. The van der Waals surface area contributed by atoms with E-state index in [0.717, 1.165) is 39.3 Å². The Morgan fingerprint density at radius 3 is 2.81 bits per heavy atom. The minimum atomic E-state index is -0.158. The van der Waals surface area contributed by atoms with Crippen LogP contribution in [-0.4, -0.2) is 44.9 Å². The van der Waals surface area contributed by atoms with Crippen molar-refractivity contribution >= 4 is 5.97 Å². The average Bonchev–Trinajstić information content (AvgIpc) is 2.22. The average molecular weight is 230 g/mol. The number of piperidine rings is 1. The Labute approximate surface area is 97.9 Å². The molecule has 0 aromatic rings. The van der Waals surface area contributed by atoms with E-state index in [2.05, 4.69) is 6.92 Å². The Hall–Kier alpha value is -0.610. The van der Waals surface area contributed by atoms with E-state index < -0.39 is 0 Å². The van der Waals surface area contributed by atoms with E-state index in [0.29, 0.717) is 5.92 Å². The summed E-state index contributed by atoms with van der Waals surface area (Å²) in [6.45, 7) is 10.5. The van der Waals surface area contributed by atoms with Gasteiger partial charge in [-0.25, -0.2) is 0 Å². The highest BCUT2D eigenvalue weighted by Crippen LogP contribution is 2.12. The molecule has 1 rings (SSSR count). The largest absolute Gasteiger partial charge is 0.462 e. The van der Waals surface area contributed by atoms with Crippen molar-refractivity contribution < 1.29 is 19.2 Å². The second-order valence-corrected chi connectivity index (χ2v) is 4.56. The van der Waals surface area contributed by atoms with Gasteiger partial charge in [0.25, 0.3) is 0 Å². The lowest BCUT2D eigenvalue weighted by Crippen LogP contribution is -3.14. The molecule has 0 aliphatic carbocycles. The molecule has 1 aliphatic rings. The molecule has 0 aromatic carbocycles. The van der Waals surface area contributed by atoms with Crippen LogP contribution in [0.4, 0.5) is 0 Å². The van der Waals surface area contributed by atoms with E-state index in [4.69, 9.17) is 9.47 Å². The minimum absolute atomic E-state index is 0.119. The summed E-state index contributed by atoms with van der Waals surface area (Å²) >= 11 is 0. The number of quaternary nitrogens is 1. The molecule has 0 saturated carbocycles. The molecule has 0 bridgehead atoms. The summed E-state index contributed by atoms with van der Waals surface area (Å²) in [5.41, 5.74) is 0. The van der Waals surface area contributed by atoms with Gasteiger partial charge in [-0.2, -0.15) is 0 Å². The summed E-state index contributed by atoms with van der Waals surface area (Å²) in [5, 5.41) is 0. The molecule has 1 unspecified atom stereocenters. The lowest BCUT2D eigenvalue weighted by atomic mass is 9.96. The standard InChI is InChI=1S/C12H23NO3/c1-4-15-8-7-13-6-5-12(10(2)9-13)16-11(3)14/h10,12H,4-9H2,1-3H3/p+1/t10-,12+/m0/s1. The number of carbonyl (C=O) groups excluding carboxylic acids is 1. The zero-order chi connectivity index (χ0) is 12.0. The topological polar surface area (TPSA) is 40.0 Å². The van der Waals surface area contributed by atoms with E-state index in [9.17, 15) is 4.79 Å². The number of hydrogen-bond acceptors (Lipinski definition) is 3. The predicted molar refractivity (Wildman–Crippen MR) is 61.4 cm³/mol. The van der Waals surface area contributed by atoms with E-state index in [1.54, 1.807) is 4.90 Å². The van der Waals surface area contributed by atoms with Crippen molar-refractivity contribution in [2.45, 2.75) is 33.3 Å². The fraction of sp³-hybridized carbons (Fsp3) is 0.917. The van der Waals surface area contributed by atoms with Crippen molar-refractivity contribution in [3.05, 3.63) is 0 Å². The van der Waals surface area contributed by atoms with Crippen LogP contribution in [0.5, 0.6) is 0 Å². The van der Waals surface area contributed by atoms with Gasteiger partial charge in [0.15, 0.2) is 0 Å². The third-order valence-corrected chi connectivity index (χ3v) is 3.15. The number of carbonyl (C=O) groups is 1. The Morgan fingerprint density at radius 2 is 2.25 bits per heavy atom. The number of esters is 1. The van der Waals surface area contributed by atoms with Crippen LogP contribution >= 0.6 is 0 Å².